The van der Waals surface area contributed by atoms with Crippen LogP contribution in [0.3, 0.4) is 0 Å². The highest BCUT2D eigenvalue weighted by Crippen LogP contribution is 2.27. The summed E-state index contributed by atoms with van der Waals surface area (Å²) < 4.78 is 60.0. The van der Waals surface area contributed by atoms with E-state index in [0.29, 0.717) is 12.2 Å². The lowest BCUT2D eigenvalue weighted by molar-refractivity contribution is -0.192. The molecule has 8 nitrogen and oxygen atoms in total. The minimum absolute atomic E-state index is 0.0731. The average Bonchev–Trinajstić information content (AvgIpc) is 2.74. The summed E-state index contributed by atoms with van der Waals surface area (Å²) in [5.41, 5.74) is 0.875. The molecule has 0 aliphatic carbocycles. The molecule has 0 heterocycles. The summed E-state index contributed by atoms with van der Waals surface area (Å²) in [4.78, 5) is 22.7. The van der Waals surface area contributed by atoms with E-state index in [1.165, 1.54) is 18.2 Å². The minimum atomic E-state index is -5.08. The Balaban J connectivity index is 0.000000718. The number of sulfonamides is 1. The number of anilines is 2. The molecule has 0 aliphatic rings. The summed E-state index contributed by atoms with van der Waals surface area (Å²) in [6.45, 7) is 5.46. The molecule has 0 aliphatic heterocycles. The molecule has 0 spiro atoms. The molecule has 0 aromatic heterocycles. The van der Waals surface area contributed by atoms with Crippen LogP contribution in [0.2, 0.25) is 0 Å². The molecule has 13 heteroatoms. The van der Waals surface area contributed by atoms with Crippen molar-refractivity contribution >= 4 is 49.3 Å². The molecular formula is C21H24BrF3N2O6S. The molecule has 0 unspecified atom stereocenters. The second kappa shape index (κ2) is 12.6. The lowest BCUT2D eigenvalue weighted by Gasteiger charge is -2.25. The fourth-order valence-electron chi connectivity index (χ4n) is 2.67. The van der Waals surface area contributed by atoms with E-state index in [-0.39, 0.29) is 16.1 Å². The number of carbonyl (C=O) groups is 2. The summed E-state index contributed by atoms with van der Waals surface area (Å²) in [6, 6.07) is 10.8. The van der Waals surface area contributed by atoms with Crippen molar-refractivity contribution in [3.8, 4) is 0 Å². The van der Waals surface area contributed by atoms with Crippen LogP contribution in [0.25, 0.3) is 0 Å². The number of carboxylic acids is 2. The molecule has 0 saturated carbocycles. The SMILES string of the molecule is CCCCN(CC)c1ccc(NS(=O)(=O)c2ccc(Br)cc2)cc1C(=O)O.O=C(O)C(F)(F)F. The molecule has 0 saturated heterocycles. The van der Waals surface area contributed by atoms with Crippen molar-refractivity contribution in [2.75, 3.05) is 22.7 Å². The van der Waals surface area contributed by atoms with Gasteiger partial charge < -0.3 is 15.1 Å². The normalized spacial score (nSPS) is 11.2. The largest absolute Gasteiger partial charge is 0.490 e. The number of rotatable bonds is 9. The lowest BCUT2D eigenvalue weighted by atomic mass is 10.1. The number of alkyl halides is 3. The molecule has 188 valence electrons. The van der Waals surface area contributed by atoms with Crippen LogP contribution >= 0.6 is 15.9 Å². The van der Waals surface area contributed by atoms with Crippen molar-refractivity contribution in [1.29, 1.82) is 0 Å². The Morgan fingerprint density at radius 3 is 2.06 bits per heavy atom. The van der Waals surface area contributed by atoms with Crippen LogP contribution in [-0.2, 0) is 14.8 Å². The molecule has 2 aromatic rings. The van der Waals surface area contributed by atoms with E-state index in [0.717, 1.165) is 23.9 Å². The number of aromatic carboxylic acids is 1. The maximum atomic E-state index is 12.5. The van der Waals surface area contributed by atoms with Gasteiger partial charge in [-0.1, -0.05) is 29.3 Å². The van der Waals surface area contributed by atoms with Gasteiger partial charge in [-0.15, -0.1) is 0 Å². The average molecular weight is 569 g/mol. The number of nitrogens with zero attached hydrogens (tertiary/aromatic N) is 1. The zero-order chi connectivity index (χ0) is 26.1. The van der Waals surface area contributed by atoms with Gasteiger partial charge in [0, 0.05) is 23.2 Å². The second-order valence-corrected chi connectivity index (χ2v) is 9.43. The monoisotopic (exact) mass is 568 g/mol. The number of aliphatic carboxylic acids is 1. The van der Waals surface area contributed by atoms with Gasteiger partial charge in [0.15, 0.2) is 0 Å². The van der Waals surface area contributed by atoms with E-state index in [4.69, 9.17) is 9.90 Å². The van der Waals surface area contributed by atoms with Crippen LogP contribution in [0.5, 0.6) is 0 Å². The fraction of sp³-hybridized carbons (Fsp3) is 0.333. The van der Waals surface area contributed by atoms with Crippen molar-refractivity contribution < 1.29 is 41.4 Å². The molecule has 0 bridgehead atoms. The van der Waals surface area contributed by atoms with Gasteiger partial charge in [-0.2, -0.15) is 13.2 Å². The molecule has 2 aromatic carbocycles. The first-order chi connectivity index (χ1) is 15.7. The molecule has 0 radical (unpaired) electrons. The van der Waals surface area contributed by atoms with E-state index < -0.39 is 28.1 Å². The Kier molecular flexibility index (Phi) is 10.8. The zero-order valence-electron chi connectivity index (χ0n) is 18.3. The summed E-state index contributed by atoms with van der Waals surface area (Å²) in [5.74, 6) is -3.85. The highest BCUT2D eigenvalue weighted by molar-refractivity contribution is 9.10. The summed E-state index contributed by atoms with van der Waals surface area (Å²) >= 11 is 3.27. The number of hydrogen-bond acceptors (Lipinski definition) is 5. The number of carboxylic acid groups (broad SMARTS) is 2. The van der Waals surface area contributed by atoms with Crippen molar-refractivity contribution in [3.05, 3.63) is 52.5 Å². The number of halogens is 4. The van der Waals surface area contributed by atoms with Gasteiger partial charge in [0.2, 0.25) is 0 Å². The van der Waals surface area contributed by atoms with Crippen molar-refractivity contribution in [3.63, 3.8) is 0 Å². The number of hydrogen-bond donors (Lipinski definition) is 3. The Morgan fingerprint density at radius 1 is 1.06 bits per heavy atom. The Labute approximate surface area is 203 Å². The maximum absolute atomic E-state index is 12.5. The molecule has 2 rings (SSSR count). The van der Waals surface area contributed by atoms with Gasteiger partial charge in [-0.3, -0.25) is 4.72 Å². The third-order valence-corrected chi connectivity index (χ3v) is 6.28. The number of nitrogens with one attached hydrogen (secondary N) is 1. The van der Waals surface area contributed by atoms with Gasteiger partial charge in [-0.25, -0.2) is 18.0 Å². The second-order valence-electron chi connectivity index (χ2n) is 6.83. The first kappa shape index (κ1) is 29.2. The van der Waals surface area contributed by atoms with Gasteiger partial charge in [0.25, 0.3) is 10.0 Å². The molecule has 0 amide bonds. The molecule has 0 atom stereocenters. The van der Waals surface area contributed by atoms with E-state index >= 15 is 0 Å². The fourth-order valence-corrected chi connectivity index (χ4v) is 3.99. The Morgan fingerprint density at radius 2 is 1.62 bits per heavy atom. The van der Waals surface area contributed by atoms with Crippen LogP contribution in [0.4, 0.5) is 24.5 Å². The smallest absolute Gasteiger partial charge is 0.478 e. The first-order valence-corrected chi connectivity index (χ1v) is 12.2. The predicted octanol–water partition coefficient (Wildman–Crippen LogP) is 5.21. The Hall–Kier alpha value is -2.80. The Bertz CT molecular complexity index is 1090. The quantitative estimate of drug-likeness (QED) is 0.379. The first-order valence-electron chi connectivity index (χ1n) is 9.93. The van der Waals surface area contributed by atoms with E-state index in [1.54, 1.807) is 24.3 Å². The molecule has 0 fully saturated rings. The van der Waals surface area contributed by atoms with E-state index in [2.05, 4.69) is 27.6 Å². The van der Waals surface area contributed by atoms with Gasteiger partial charge in [-0.05, 0) is 55.8 Å². The minimum Gasteiger partial charge on any atom is -0.478 e. The van der Waals surface area contributed by atoms with Crippen LogP contribution in [0.1, 0.15) is 37.0 Å². The standard InChI is InChI=1S/C19H23BrN2O4S.C2HF3O2/c1-3-5-12-22(4-2)18-11-8-15(13-17(18)19(23)24)21-27(25,26)16-9-6-14(20)7-10-16;3-2(4,5)1(6)7/h6-11,13,21H,3-5,12H2,1-2H3,(H,23,24);(H,6,7). The topological polar surface area (TPSA) is 124 Å². The highest BCUT2D eigenvalue weighted by atomic mass is 79.9. The third-order valence-electron chi connectivity index (χ3n) is 4.35. The van der Waals surface area contributed by atoms with Crippen molar-refractivity contribution in [2.45, 2.75) is 37.8 Å². The molecule has 34 heavy (non-hydrogen) atoms. The third kappa shape index (κ3) is 8.86. The van der Waals surface area contributed by atoms with Crippen molar-refractivity contribution in [2.24, 2.45) is 0 Å². The van der Waals surface area contributed by atoms with E-state index in [1.807, 2.05) is 11.8 Å². The van der Waals surface area contributed by atoms with E-state index in [9.17, 15) is 31.5 Å². The van der Waals surface area contributed by atoms with Crippen LogP contribution in [0, 0.1) is 0 Å². The summed E-state index contributed by atoms with van der Waals surface area (Å²) in [7, 11) is -3.80. The van der Waals surface area contributed by atoms with Crippen LogP contribution in [-0.4, -0.2) is 49.8 Å². The maximum Gasteiger partial charge on any atom is 0.490 e. The zero-order valence-corrected chi connectivity index (χ0v) is 20.7. The highest BCUT2D eigenvalue weighted by Gasteiger charge is 2.38. The van der Waals surface area contributed by atoms with Crippen LogP contribution in [0.15, 0.2) is 51.8 Å². The van der Waals surface area contributed by atoms with Gasteiger partial charge >= 0.3 is 18.1 Å². The number of benzene rings is 2. The van der Waals surface area contributed by atoms with Crippen molar-refractivity contribution in [1.82, 2.24) is 0 Å². The van der Waals surface area contributed by atoms with Crippen LogP contribution < -0.4 is 9.62 Å². The van der Waals surface area contributed by atoms with Gasteiger partial charge in [0.05, 0.1) is 16.1 Å². The predicted molar refractivity (Wildman–Crippen MR) is 125 cm³/mol. The summed E-state index contributed by atoms with van der Waals surface area (Å²) in [6.07, 6.45) is -3.13. The molecular weight excluding hydrogens is 545 g/mol. The lowest BCUT2D eigenvalue weighted by Crippen LogP contribution is -2.26. The molecule has 3 N–H and O–H groups in total. The summed E-state index contributed by atoms with van der Waals surface area (Å²) in [5, 5.41) is 16.7. The number of unbranched alkanes of at least 4 members (excludes halogenated alkanes) is 1. The van der Waals surface area contributed by atoms with Gasteiger partial charge in [0.1, 0.15) is 0 Å².